The molecule has 2 heterocycles. The van der Waals surface area contributed by atoms with Gasteiger partial charge >= 0.3 is 0 Å². The highest BCUT2D eigenvalue weighted by Gasteiger charge is 2.18. The van der Waals surface area contributed by atoms with E-state index in [1.165, 1.54) is 5.56 Å². The molecule has 0 amide bonds. The highest BCUT2D eigenvalue weighted by Crippen LogP contribution is 2.41. The fraction of sp³-hybridized carbons (Fsp3) is 0.0217. The molecule has 0 saturated carbocycles. The van der Waals surface area contributed by atoms with E-state index in [-0.39, 0.29) is 0 Å². The third-order valence-corrected chi connectivity index (χ3v) is 9.75. The number of nitrogens with zero attached hydrogens (tertiary/aromatic N) is 2. The second-order valence-electron chi connectivity index (χ2n) is 12.9. The maximum absolute atomic E-state index is 6.52. The lowest BCUT2D eigenvalue weighted by Gasteiger charge is -2.26. The molecule has 0 radical (unpaired) electrons. The Morgan fingerprint density at radius 2 is 1.14 bits per heavy atom. The monoisotopic (exact) mass is 642 g/mol. The van der Waals surface area contributed by atoms with E-state index in [0.29, 0.717) is 5.89 Å². The minimum absolute atomic E-state index is 0.627. The van der Waals surface area contributed by atoms with Crippen molar-refractivity contribution in [3.63, 3.8) is 0 Å². The first-order chi connectivity index (χ1) is 24.7. The summed E-state index contributed by atoms with van der Waals surface area (Å²) in [5, 5.41) is 6.73. The van der Waals surface area contributed by atoms with Gasteiger partial charge in [-0.2, -0.15) is 0 Å². The topological polar surface area (TPSA) is 42.4 Å². The van der Waals surface area contributed by atoms with Crippen LogP contribution in [0.15, 0.2) is 173 Å². The lowest BCUT2D eigenvalue weighted by Crippen LogP contribution is -2.09. The van der Waals surface area contributed by atoms with E-state index in [0.717, 1.165) is 88.3 Å². The number of aromatic nitrogens is 1. The Morgan fingerprint density at radius 1 is 0.460 bits per heavy atom. The Labute approximate surface area is 288 Å². The lowest BCUT2D eigenvalue weighted by molar-refractivity contribution is 0.623. The largest absolute Gasteiger partial charge is 0.456 e. The maximum Gasteiger partial charge on any atom is 0.227 e. The number of oxazole rings is 1. The van der Waals surface area contributed by atoms with Gasteiger partial charge in [0, 0.05) is 38.8 Å². The van der Waals surface area contributed by atoms with Crippen LogP contribution in [0.1, 0.15) is 5.56 Å². The van der Waals surface area contributed by atoms with Crippen molar-refractivity contribution < 1.29 is 8.83 Å². The molecule has 236 valence electrons. The summed E-state index contributed by atoms with van der Waals surface area (Å²) in [5.41, 5.74) is 11.1. The molecule has 0 atom stereocenters. The van der Waals surface area contributed by atoms with E-state index in [1.807, 2.05) is 42.5 Å². The van der Waals surface area contributed by atoms with Crippen molar-refractivity contribution in [2.24, 2.45) is 0 Å². The molecular weight excluding hydrogens is 613 g/mol. The number of anilines is 3. The van der Waals surface area contributed by atoms with Crippen LogP contribution in [0.25, 0.3) is 77.2 Å². The predicted molar refractivity (Wildman–Crippen MR) is 207 cm³/mol. The molecule has 10 aromatic rings. The SMILES string of the molecule is Cc1cc(-c2ccc(N(c3ccccc3)c3ccc4ccc5ccc6nc(-c7ccccc7)oc6c5c4c3)cc2)cc2c1oc1ccccc12. The minimum atomic E-state index is 0.627. The zero-order chi connectivity index (χ0) is 33.2. The number of hydrogen-bond donors (Lipinski definition) is 0. The molecule has 2 aromatic heterocycles. The smallest absolute Gasteiger partial charge is 0.227 e. The summed E-state index contributed by atoms with van der Waals surface area (Å²) in [4.78, 5) is 7.19. The van der Waals surface area contributed by atoms with Crippen molar-refractivity contribution in [2.45, 2.75) is 6.92 Å². The average molecular weight is 643 g/mol. The summed E-state index contributed by atoms with van der Waals surface area (Å²) in [5.74, 6) is 0.627. The van der Waals surface area contributed by atoms with Crippen LogP contribution in [0.2, 0.25) is 0 Å². The molecule has 0 aliphatic carbocycles. The van der Waals surface area contributed by atoms with Gasteiger partial charge < -0.3 is 13.7 Å². The van der Waals surface area contributed by atoms with Crippen LogP contribution in [-0.4, -0.2) is 4.98 Å². The van der Waals surface area contributed by atoms with Crippen molar-refractivity contribution in [1.82, 2.24) is 4.98 Å². The average Bonchev–Trinajstić information content (AvgIpc) is 3.79. The Hall–Kier alpha value is -6.65. The normalized spacial score (nSPS) is 11.7. The highest BCUT2D eigenvalue weighted by atomic mass is 16.3. The van der Waals surface area contributed by atoms with Crippen molar-refractivity contribution in [2.75, 3.05) is 4.90 Å². The zero-order valence-electron chi connectivity index (χ0n) is 27.3. The van der Waals surface area contributed by atoms with Crippen LogP contribution in [0, 0.1) is 6.92 Å². The van der Waals surface area contributed by atoms with Crippen LogP contribution >= 0.6 is 0 Å². The summed E-state index contributed by atoms with van der Waals surface area (Å²) in [7, 11) is 0. The molecule has 10 rings (SSSR count). The van der Waals surface area contributed by atoms with Crippen LogP contribution in [-0.2, 0) is 0 Å². The van der Waals surface area contributed by atoms with Gasteiger partial charge in [-0.25, -0.2) is 4.98 Å². The standard InChI is InChI=1S/C46H30N2O2/c1-29-26-34(27-40-38-14-8-9-15-42(38)49-44(29)40)30-18-22-36(23-19-30)48(35-12-6-3-7-13-35)37-24-20-31-16-17-32-21-25-41-45(43(32)39(31)28-37)50-46(47-41)33-10-4-2-5-11-33/h2-28H,1H3. The highest BCUT2D eigenvalue weighted by molar-refractivity contribution is 6.18. The molecule has 0 bridgehead atoms. The molecule has 4 nitrogen and oxygen atoms in total. The van der Waals surface area contributed by atoms with Crippen LogP contribution < -0.4 is 4.90 Å². The fourth-order valence-electron chi connectivity index (χ4n) is 7.34. The van der Waals surface area contributed by atoms with Gasteiger partial charge in [-0.05, 0) is 113 Å². The minimum Gasteiger partial charge on any atom is -0.456 e. The molecule has 0 aliphatic heterocycles. The second kappa shape index (κ2) is 11.2. The van der Waals surface area contributed by atoms with Gasteiger partial charge in [-0.3, -0.25) is 0 Å². The molecule has 0 aliphatic rings. The van der Waals surface area contributed by atoms with Crippen molar-refractivity contribution in [3.05, 3.63) is 169 Å². The molecule has 0 spiro atoms. The lowest BCUT2D eigenvalue weighted by atomic mass is 9.99. The summed E-state index contributed by atoms with van der Waals surface area (Å²) >= 11 is 0. The quantitative estimate of drug-likeness (QED) is 0.175. The van der Waals surface area contributed by atoms with Crippen molar-refractivity contribution in [3.8, 4) is 22.6 Å². The molecule has 0 N–H and O–H groups in total. The van der Waals surface area contributed by atoms with Crippen LogP contribution in [0.4, 0.5) is 17.1 Å². The van der Waals surface area contributed by atoms with E-state index in [2.05, 4.69) is 133 Å². The van der Waals surface area contributed by atoms with Crippen LogP contribution in [0.5, 0.6) is 0 Å². The first kappa shape index (κ1) is 28.4. The zero-order valence-corrected chi connectivity index (χ0v) is 27.3. The van der Waals surface area contributed by atoms with Crippen LogP contribution in [0.3, 0.4) is 0 Å². The van der Waals surface area contributed by atoms with Crippen molar-refractivity contribution >= 4 is 71.6 Å². The Bertz CT molecular complexity index is 2870. The van der Waals surface area contributed by atoms with E-state index in [9.17, 15) is 0 Å². The molecule has 4 heteroatoms. The first-order valence-corrected chi connectivity index (χ1v) is 16.9. The first-order valence-electron chi connectivity index (χ1n) is 16.9. The fourth-order valence-corrected chi connectivity index (χ4v) is 7.34. The van der Waals surface area contributed by atoms with Gasteiger partial charge in [0.1, 0.15) is 16.7 Å². The summed E-state index contributed by atoms with van der Waals surface area (Å²) in [6.07, 6.45) is 0. The number of furan rings is 1. The summed E-state index contributed by atoms with van der Waals surface area (Å²) in [6, 6.07) is 57.4. The van der Waals surface area contributed by atoms with E-state index in [1.54, 1.807) is 0 Å². The number of fused-ring (bicyclic) bond motifs is 8. The number of para-hydroxylation sites is 2. The van der Waals surface area contributed by atoms with Gasteiger partial charge in [-0.15, -0.1) is 0 Å². The van der Waals surface area contributed by atoms with Crippen molar-refractivity contribution in [1.29, 1.82) is 0 Å². The Kier molecular flexibility index (Phi) is 6.36. The molecule has 0 saturated heterocycles. The number of benzene rings is 8. The Morgan fingerprint density at radius 3 is 1.98 bits per heavy atom. The van der Waals surface area contributed by atoms with Gasteiger partial charge in [0.05, 0.1) is 0 Å². The molecule has 0 unspecified atom stereocenters. The predicted octanol–water partition coefficient (Wildman–Crippen LogP) is 13.1. The van der Waals surface area contributed by atoms with E-state index in [4.69, 9.17) is 13.8 Å². The molecular formula is C46H30N2O2. The van der Waals surface area contributed by atoms with Gasteiger partial charge in [0.15, 0.2) is 5.58 Å². The number of hydrogen-bond acceptors (Lipinski definition) is 4. The maximum atomic E-state index is 6.52. The van der Waals surface area contributed by atoms with E-state index < -0.39 is 0 Å². The summed E-state index contributed by atoms with van der Waals surface area (Å²) < 4.78 is 12.7. The third kappa shape index (κ3) is 4.57. The summed E-state index contributed by atoms with van der Waals surface area (Å²) in [6.45, 7) is 2.12. The number of rotatable bonds is 5. The van der Waals surface area contributed by atoms with Gasteiger partial charge in [0.25, 0.3) is 0 Å². The second-order valence-corrected chi connectivity index (χ2v) is 12.9. The Balaban J connectivity index is 1.11. The van der Waals surface area contributed by atoms with Gasteiger partial charge in [-0.1, -0.05) is 91.0 Å². The molecule has 8 aromatic carbocycles. The molecule has 50 heavy (non-hydrogen) atoms. The third-order valence-electron chi connectivity index (χ3n) is 9.75. The van der Waals surface area contributed by atoms with Gasteiger partial charge in [0.2, 0.25) is 5.89 Å². The van der Waals surface area contributed by atoms with E-state index >= 15 is 0 Å². The molecule has 0 fully saturated rings. The number of aryl methyl sites for hydroxylation is 1.